The second-order valence-corrected chi connectivity index (χ2v) is 4.70. The Bertz CT molecular complexity index is 426. The lowest BCUT2D eigenvalue weighted by Gasteiger charge is -2.14. The van der Waals surface area contributed by atoms with Crippen molar-refractivity contribution in [1.82, 2.24) is 15.6 Å². The molecule has 0 saturated carbocycles. The van der Waals surface area contributed by atoms with Crippen LogP contribution in [0.1, 0.15) is 6.42 Å². The Morgan fingerprint density at radius 3 is 2.68 bits per heavy atom. The molecule has 0 radical (unpaired) electrons. The van der Waals surface area contributed by atoms with Gasteiger partial charge in [0.2, 0.25) is 0 Å². The van der Waals surface area contributed by atoms with Crippen LogP contribution in [0.3, 0.4) is 0 Å². The SMILES string of the molecule is CN(C)CCCNC(=S)NNc1ccc(F)cc1F. The van der Waals surface area contributed by atoms with Crippen molar-refractivity contribution in [3.8, 4) is 0 Å². The molecule has 0 unspecified atom stereocenters. The van der Waals surface area contributed by atoms with Gasteiger partial charge in [-0.25, -0.2) is 8.78 Å². The summed E-state index contributed by atoms with van der Waals surface area (Å²) in [6.45, 7) is 1.67. The van der Waals surface area contributed by atoms with Gasteiger partial charge in [-0.1, -0.05) is 0 Å². The van der Waals surface area contributed by atoms with Crippen molar-refractivity contribution in [3.63, 3.8) is 0 Å². The van der Waals surface area contributed by atoms with Gasteiger partial charge in [0.05, 0.1) is 5.69 Å². The van der Waals surface area contributed by atoms with Crippen LogP contribution in [0.25, 0.3) is 0 Å². The standard InChI is InChI=1S/C12H18F2N4S/c1-18(2)7-3-6-15-12(19)17-16-11-5-4-9(13)8-10(11)14/h4-5,8,16H,3,6-7H2,1-2H3,(H2,15,17,19). The molecule has 3 N–H and O–H groups in total. The molecule has 106 valence electrons. The number of nitrogens with zero attached hydrogens (tertiary/aromatic N) is 1. The number of nitrogens with one attached hydrogen (secondary N) is 3. The molecule has 0 aromatic heterocycles. The average molecular weight is 288 g/mol. The van der Waals surface area contributed by atoms with Crippen LogP contribution in [0.2, 0.25) is 0 Å². The van der Waals surface area contributed by atoms with Crippen molar-refractivity contribution < 1.29 is 8.78 Å². The molecule has 1 rings (SSSR count). The van der Waals surface area contributed by atoms with E-state index in [1.165, 1.54) is 12.1 Å². The van der Waals surface area contributed by atoms with Crippen LogP contribution in [0.15, 0.2) is 18.2 Å². The van der Waals surface area contributed by atoms with E-state index in [9.17, 15) is 8.78 Å². The number of hydrazine groups is 1. The molecule has 0 atom stereocenters. The maximum Gasteiger partial charge on any atom is 0.185 e. The predicted octanol–water partition coefficient (Wildman–Crippen LogP) is 1.71. The molecular formula is C12H18F2N4S. The highest BCUT2D eigenvalue weighted by molar-refractivity contribution is 7.80. The van der Waals surface area contributed by atoms with E-state index in [0.29, 0.717) is 5.11 Å². The van der Waals surface area contributed by atoms with E-state index in [4.69, 9.17) is 12.2 Å². The van der Waals surface area contributed by atoms with Crippen LogP contribution in [-0.2, 0) is 0 Å². The predicted molar refractivity (Wildman–Crippen MR) is 76.9 cm³/mol. The first-order chi connectivity index (χ1) is 8.99. The number of thiocarbonyl (C=S) groups is 1. The Labute approximate surface area is 117 Å². The molecule has 0 aliphatic heterocycles. The highest BCUT2D eigenvalue weighted by Gasteiger charge is 2.03. The number of halogens is 2. The topological polar surface area (TPSA) is 39.3 Å². The van der Waals surface area contributed by atoms with Crippen LogP contribution in [-0.4, -0.2) is 37.2 Å². The van der Waals surface area contributed by atoms with Gasteiger partial charge in [0.25, 0.3) is 0 Å². The van der Waals surface area contributed by atoms with Crippen molar-refractivity contribution in [2.24, 2.45) is 0 Å². The van der Waals surface area contributed by atoms with E-state index in [0.717, 1.165) is 25.6 Å². The summed E-state index contributed by atoms with van der Waals surface area (Å²) in [5.41, 5.74) is 5.36. The van der Waals surface area contributed by atoms with Gasteiger partial charge < -0.3 is 10.2 Å². The number of hydrogen-bond acceptors (Lipinski definition) is 3. The lowest BCUT2D eigenvalue weighted by Crippen LogP contribution is -2.39. The third-order valence-corrected chi connectivity index (χ3v) is 2.56. The Kier molecular flexibility index (Phi) is 6.44. The normalized spacial score (nSPS) is 10.4. The summed E-state index contributed by atoms with van der Waals surface area (Å²) in [4.78, 5) is 2.07. The molecule has 0 fully saturated rings. The Morgan fingerprint density at radius 2 is 2.05 bits per heavy atom. The molecule has 0 heterocycles. The van der Waals surface area contributed by atoms with E-state index in [2.05, 4.69) is 21.1 Å². The number of anilines is 1. The number of hydrogen-bond donors (Lipinski definition) is 3. The molecule has 4 nitrogen and oxygen atoms in total. The lowest BCUT2D eigenvalue weighted by atomic mass is 10.3. The van der Waals surface area contributed by atoms with Crippen LogP contribution in [0.5, 0.6) is 0 Å². The monoisotopic (exact) mass is 288 g/mol. The minimum absolute atomic E-state index is 0.138. The first-order valence-electron chi connectivity index (χ1n) is 5.88. The van der Waals surface area contributed by atoms with Gasteiger partial charge in [0, 0.05) is 12.6 Å². The van der Waals surface area contributed by atoms with Crippen molar-refractivity contribution in [3.05, 3.63) is 29.8 Å². The second kappa shape index (κ2) is 7.85. The molecule has 0 saturated heterocycles. The van der Waals surface area contributed by atoms with Gasteiger partial charge in [-0.3, -0.25) is 10.9 Å². The van der Waals surface area contributed by atoms with E-state index in [-0.39, 0.29) is 5.69 Å². The first kappa shape index (κ1) is 15.6. The molecule has 1 aromatic carbocycles. The fraction of sp³-hybridized carbons (Fsp3) is 0.417. The Balaban J connectivity index is 2.26. The summed E-state index contributed by atoms with van der Waals surface area (Å²) < 4.78 is 26.0. The summed E-state index contributed by atoms with van der Waals surface area (Å²) in [6.07, 6.45) is 0.944. The summed E-state index contributed by atoms with van der Waals surface area (Å²) in [5.74, 6) is -1.30. The minimum atomic E-state index is -0.678. The number of rotatable bonds is 6. The maximum absolute atomic E-state index is 13.3. The van der Waals surface area contributed by atoms with Gasteiger partial charge in [0.1, 0.15) is 5.82 Å². The molecule has 7 heteroatoms. The second-order valence-electron chi connectivity index (χ2n) is 4.29. The van der Waals surface area contributed by atoms with Gasteiger partial charge in [-0.15, -0.1) is 0 Å². The zero-order valence-electron chi connectivity index (χ0n) is 11.0. The summed E-state index contributed by atoms with van der Waals surface area (Å²) in [7, 11) is 3.99. The highest BCUT2D eigenvalue weighted by Crippen LogP contribution is 2.13. The smallest absolute Gasteiger partial charge is 0.185 e. The molecule has 19 heavy (non-hydrogen) atoms. The zero-order valence-corrected chi connectivity index (χ0v) is 11.8. The van der Waals surface area contributed by atoms with Crippen LogP contribution >= 0.6 is 12.2 Å². The maximum atomic E-state index is 13.3. The molecule has 1 aromatic rings. The van der Waals surface area contributed by atoms with Gasteiger partial charge in [-0.05, 0) is 51.4 Å². The fourth-order valence-electron chi connectivity index (χ4n) is 1.36. The third-order valence-electron chi connectivity index (χ3n) is 2.31. The lowest BCUT2D eigenvalue weighted by molar-refractivity contribution is 0.400. The van der Waals surface area contributed by atoms with Crippen LogP contribution < -0.4 is 16.2 Å². The van der Waals surface area contributed by atoms with Crippen LogP contribution in [0, 0.1) is 11.6 Å². The average Bonchev–Trinajstić information content (AvgIpc) is 2.33. The van der Waals surface area contributed by atoms with Gasteiger partial charge in [-0.2, -0.15) is 0 Å². The molecule has 0 spiro atoms. The quantitative estimate of drug-likeness (QED) is 0.422. The van der Waals surface area contributed by atoms with E-state index >= 15 is 0 Å². The fourth-order valence-corrected chi connectivity index (χ4v) is 1.51. The Hall–Kier alpha value is -1.47. The highest BCUT2D eigenvalue weighted by atomic mass is 32.1. The van der Waals surface area contributed by atoms with E-state index in [1.807, 2.05) is 14.1 Å². The Morgan fingerprint density at radius 1 is 1.32 bits per heavy atom. The van der Waals surface area contributed by atoms with Crippen molar-refractivity contribution in [1.29, 1.82) is 0 Å². The molecule has 0 bridgehead atoms. The summed E-state index contributed by atoms with van der Waals surface area (Å²) in [5, 5.41) is 3.34. The van der Waals surface area contributed by atoms with Gasteiger partial charge >= 0.3 is 0 Å². The third kappa shape index (κ3) is 6.30. The first-order valence-corrected chi connectivity index (χ1v) is 6.29. The largest absolute Gasteiger partial charge is 0.361 e. The van der Waals surface area contributed by atoms with Crippen LogP contribution in [0.4, 0.5) is 14.5 Å². The molecular weight excluding hydrogens is 270 g/mol. The van der Waals surface area contributed by atoms with E-state index < -0.39 is 11.6 Å². The molecule has 0 aliphatic rings. The molecule has 0 amide bonds. The van der Waals surface area contributed by atoms with E-state index in [1.54, 1.807) is 0 Å². The zero-order chi connectivity index (χ0) is 14.3. The van der Waals surface area contributed by atoms with Crippen molar-refractivity contribution >= 4 is 23.0 Å². The van der Waals surface area contributed by atoms with Gasteiger partial charge in [0.15, 0.2) is 10.9 Å². The minimum Gasteiger partial charge on any atom is -0.361 e. The molecule has 0 aliphatic carbocycles. The van der Waals surface area contributed by atoms with Crippen molar-refractivity contribution in [2.45, 2.75) is 6.42 Å². The summed E-state index contributed by atoms with van der Waals surface area (Å²) >= 11 is 5.01. The summed E-state index contributed by atoms with van der Waals surface area (Å²) in [6, 6.07) is 3.27. The number of benzene rings is 1. The van der Waals surface area contributed by atoms with Crippen molar-refractivity contribution in [2.75, 3.05) is 32.6 Å².